The van der Waals surface area contributed by atoms with E-state index in [9.17, 15) is 4.79 Å². The number of aromatic nitrogens is 3. The Labute approximate surface area is 184 Å². The van der Waals surface area contributed by atoms with Gasteiger partial charge < -0.3 is 14.8 Å². The second-order valence-corrected chi connectivity index (χ2v) is 7.81. The van der Waals surface area contributed by atoms with Gasteiger partial charge in [-0.05, 0) is 36.8 Å². The molecule has 1 saturated heterocycles. The Morgan fingerprint density at radius 2 is 2.23 bits per heavy atom. The van der Waals surface area contributed by atoms with Crippen LogP contribution in [-0.4, -0.2) is 63.6 Å². The van der Waals surface area contributed by atoms with Gasteiger partial charge in [0.15, 0.2) is 5.82 Å². The van der Waals surface area contributed by atoms with Crippen LogP contribution in [0.25, 0.3) is 5.82 Å². The predicted molar refractivity (Wildman–Crippen MR) is 113 cm³/mol. The first-order valence-electron chi connectivity index (χ1n) is 9.85. The Hall–Kier alpha value is -3.14. The van der Waals surface area contributed by atoms with Crippen LogP contribution in [0.15, 0.2) is 59.7 Å². The molecule has 10 heteroatoms. The van der Waals surface area contributed by atoms with Gasteiger partial charge in [-0.3, -0.25) is 9.80 Å². The number of nitrogens with zero attached hydrogens (tertiary/aromatic N) is 5. The van der Waals surface area contributed by atoms with Crippen LogP contribution in [0, 0.1) is 0 Å². The van der Waals surface area contributed by atoms with E-state index in [1.807, 2.05) is 13.1 Å². The minimum Gasteiger partial charge on any atom is -0.480 e. The smallest absolute Gasteiger partial charge is 0.274 e. The number of amides is 1. The van der Waals surface area contributed by atoms with Crippen molar-refractivity contribution < 1.29 is 14.3 Å². The van der Waals surface area contributed by atoms with Crippen LogP contribution >= 0.6 is 11.6 Å². The van der Waals surface area contributed by atoms with Crippen molar-refractivity contribution in [3.05, 3.63) is 70.4 Å². The van der Waals surface area contributed by atoms with Crippen LogP contribution in [0.1, 0.15) is 17.4 Å². The van der Waals surface area contributed by atoms with Crippen molar-refractivity contribution in [3.63, 3.8) is 0 Å². The molecule has 0 bridgehead atoms. The molecule has 31 heavy (non-hydrogen) atoms. The standard InChI is InChI=1S/C21H21ClN6O3/c1-13-8-14-5-7-26(15-11-31-12-15)27(14)10-17(13)24-21(29)18-9-19(30-2)25-28(18)20-16(22)4-3-6-23-20/h3-6,8-10,15H,7,11-12H2,1-2H3,(H,24,29). The summed E-state index contributed by atoms with van der Waals surface area (Å²) in [6.07, 6.45) is 7.76. The van der Waals surface area contributed by atoms with Gasteiger partial charge in [-0.15, -0.1) is 5.10 Å². The summed E-state index contributed by atoms with van der Waals surface area (Å²) in [6, 6.07) is 5.30. The minimum absolute atomic E-state index is 0.262. The third-order valence-electron chi connectivity index (χ3n) is 5.43. The van der Waals surface area contributed by atoms with Crippen molar-refractivity contribution in [2.45, 2.75) is 13.0 Å². The molecule has 5 rings (SSSR count). The fourth-order valence-electron chi connectivity index (χ4n) is 3.67. The summed E-state index contributed by atoms with van der Waals surface area (Å²) in [5.41, 5.74) is 3.01. The number of hydrazine groups is 1. The molecule has 0 aromatic carbocycles. The maximum Gasteiger partial charge on any atom is 0.274 e. The lowest BCUT2D eigenvalue weighted by Crippen LogP contribution is -2.53. The topological polar surface area (TPSA) is 84.8 Å². The Bertz CT molecular complexity index is 1130. The highest BCUT2D eigenvalue weighted by molar-refractivity contribution is 6.32. The predicted octanol–water partition coefficient (Wildman–Crippen LogP) is 2.28. The Morgan fingerprint density at radius 1 is 1.39 bits per heavy atom. The number of fused-ring (bicyclic) bond motifs is 1. The third-order valence-corrected chi connectivity index (χ3v) is 5.72. The van der Waals surface area contributed by atoms with Crippen molar-refractivity contribution in [2.24, 2.45) is 0 Å². The lowest BCUT2D eigenvalue weighted by atomic mass is 10.1. The molecule has 1 N–H and O–H groups in total. The van der Waals surface area contributed by atoms with Crippen LogP contribution in [0.3, 0.4) is 0 Å². The van der Waals surface area contributed by atoms with Crippen molar-refractivity contribution in [1.29, 1.82) is 0 Å². The molecule has 5 heterocycles. The van der Waals surface area contributed by atoms with E-state index in [1.165, 1.54) is 11.8 Å². The maximum absolute atomic E-state index is 13.2. The van der Waals surface area contributed by atoms with Crippen LogP contribution in [-0.2, 0) is 4.74 Å². The molecule has 160 valence electrons. The van der Waals surface area contributed by atoms with E-state index in [1.54, 1.807) is 24.4 Å². The number of carbonyl (C=O) groups is 1. The molecule has 2 aromatic heterocycles. The first-order valence-corrected chi connectivity index (χ1v) is 10.2. The summed E-state index contributed by atoms with van der Waals surface area (Å²) in [7, 11) is 1.49. The summed E-state index contributed by atoms with van der Waals surface area (Å²) >= 11 is 6.28. The molecule has 1 fully saturated rings. The number of pyridine rings is 1. The zero-order valence-electron chi connectivity index (χ0n) is 17.1. The fourth-order valence-corrected chi connectivity index (χ4v) is 3.87. The number of hydrogen-bond acceptors (Lipinski definition) is 7. The number of hydrogen-bond donors (Lipinski definition) is 1. The summed E-state index contributed by atoms with van der Waals surface area (Å²) in [5, 5.41) is 12.0. The number of carbonyl (C=O) groups excluding carboxylic acids is 1. The average Bonchev–Trinajstić information content (AvgIpc) is 3.32. The largest absolute Gasteiger partial charge is 0.480 e. The van der Waals surface area contributed by atoms with Gasteiger partial charge in [0.2, 0.25) is 5.88 Å². The highest BCUT2D eigenvalue weighted by Gasteiger charge is 2.35. The zero-order chi connectivity index (χ0) is 21.5. The number of ether oxygens (including phenoxy) is 2. The first-order chi connectivity index (χ1) is 15.0. The van der Waals surface area contributed by atoms with Gasteiger partial charge in [0.05, 0.1) is 42.8 Å². The molecular weight excluding hydrogens is 420 g/mol. The number of allylic oxidation sites excluding steroid dienone is 2. The van der Waals surface area contributed by atoms with E-state index in [0.29, 0.717) is 35.8 Å². The molecule has 0 spiro atoms. The average molecular weight is 441 g/mol. The Morgan fingerprint density at radius 3 is 2.94 bits per heavy atom. The lowest BCUT2D eigenvalue weighted by Gasteiger charge is -2.41. The van der Waals surface area contributed by atoms with Gasteiger partial charge in [-0.1, -0.05) is 11.6 Å². The molecule has 1 amide bonds. The summed E-state index contributed by atoms with van der Waals surface area (Å²) in [4.78, 5) is 17.5. The molecule has 9 nitrogen and oxygen atoms in total. The number of halogens is 1. The van der Waals surface area contributed by atoms with E-state index in [4.69, 9.17) is 21.1 Å². The van der Waals surface area contributed by atoms with E-state index >= 15 is 0 Å². The van der Waals surface area contributed by atoms with Crippen LogP contribution < -0.4 is 10.1 Å². The first kappa shape index (κ1) is 19.8. The molecule has 0 saturated carbocycles. The normalized spacial score (nSPS) is 18.7. The summed E-state index contributed by atoms with van der Waals surface area (Å²) in [6.45, 7) is 4.19. The number of nitrogens with one attached hydrogen (secondary N) is 1. The van der Waals surface area contributed by atoms with E-state index in [-0.39, 0.29) is 17.5 Å². The van der Waals surface area contributed by atoms with Gasteiger partial charge in [0.25, 0.3) is 5.91 Å². The molecule has 0 unspecified atom stereocenters. The zero-order valence-corrected chi connectivity index (χ0v) is 17.8. The summed E-state index contributed by atoms with van der Waals surface area (Å²) in [5.74, 6) is 0.294. The van der Waals surface area contributed by atoms with Gasteiger partial charge in [-0.25, -0.2) is 14.7 Å². The SMILES string of the molecule is COc1cc(C(=O)NC2=CN3C(=CCN3C3COC3)C=C2C)n(-c2ncccc2Cl)n1. The van der Waals surface area contributed by atoms with Crippen molar-refractivity contribution >= 4 is 17.5 Å². The second kappa shape index (κ2) is 7.84. The molecule has 3 aliphatic heterocycles. The van der Waals surface area contributed by atoms with Gasteiger partial charge >= 0.3 is 0 Å². The fraction of sp³-hybridized carbons (Fsp3) is 0.286. The molecule has 0 radical (unpaired) electrons. The van der Waals surface area contributed by atoms with Crippen molar-refractivity contribution in [3.8, 4) is 11.7 Å². The molecule has 3 aliphatic rings. The van der Waals surface area contributed by atoms with Crippen LogP contribution in [0.5, 0.6) is 5.88 Å². The third kappa shape index (κ3) is 3.50. The molecule has 0 atom stereocenters. The highest BCUT2D eigenvalue weighted by Crippen LogP contribution is 2.30. The van der Waals surface area contributed by atoms with Gasteiger partial charge in [0.1, 0.15) is 5.69 Å². The van der Waals surface area contributed by atoms with Gasteiger partial charge in [-0.2, -0.15) is 0 Å². The number of rotatable bonds is 5. The quantitative estimate of drug-likeness (QED) is 0.763. The van der Waals surface area contributed by atoms with E-state index in [2.05, 4.69) is 37.6 Å². The molecule has 2 aromatic rings. The maximum atomic E-state index is 13.2. The highest BCUT2D eigenvalue weighted by atomic mass is 35.5. The minimum atomic E-state index is -0.346. The Kier molecular flexibility index (Phi) is 5.01. The van der Waals surface area contributed by atoms with Crippen LogP contribution in [0.2, 0.25) is 5.02 Å². The molecule has 0 aliphatic carbocycles. The number of methoxy groups -OCH3 is 1. The van der Waals surface area contributed by atoms with Crippen LogP contribution in [0.4, 0.5) is 0 Å². The monoisotopic (exact) mass is 440 g/mol. The van der Waals surface area contributed by atoms with E-state index < -0.39 is 0 Å². The van der Waals surface area contributed by atoms with E-state index in [0.717, 1.165) is 17.8 Å². The Balaban J connectivity index is 1.44. The van der Waals surface area contributed by atoms with Crippen molar-refractivity contribution in [2.75, 3.05) is 26.9 Å². The van der Waals surface area contributed by atoms with Crippen molar-refractivity contribution in [1.82, 2.24) is 30.1 Å². The second-order valence-electron chi connectivity index (χ2n) is 7.40. The lowest BCUT2D eigenvalue weighted by molar-refractivity contribution is -0.111. The molecular formula is C21H21ClN6O3. The van der Waals surface area contributed by atoms with Gasteiger partial charge in [0, 0.05) is 25.0 Å². The summed E-state index contributed by atoms with van der Waals surface area (Å²) < 4.78 is 12.0.